The van der Waals surface area contributed by atoms with Crippen molar-refractivity contribution in [2.45, 2.75) is 20.8 Å². The van der Waals surface area contributed by atoms with Crippen molar-refractivity contribution in [1.29, 1.82) is 0 Å². The van der Waals surface area contributed by atoms with Crippen LogP contribution >= 0.6 is 0 Å². The van der Waals surface area contributed by atoms with E-state index in [1.54, 1.807) is 6.07 Å². The van der Waals surface area contributed by atoms with E-state index in [0.29, 0.717) is 23.7 Å². The highest BCUT2D eigenvalue weighted by Crippen LogP contribution is 2.18. The lowest BCUT2D eigenvalue weighted by atomic mass is 10.1. The molecule has 0 saturated carbocycles. The van der Waals surface area contributed by atoms with Gasteiger partial charge in [-0.1, -0.05) is 29.8 Å². The molecule has 27 heavy (non-hydrogen) atoms. The van der Waals surface area contributed by atoms with Gasteiger partial charge >= 0.3 is 0 Å². The number of hydrogen-bond donors (Lipinski definition) is 2. The van der Waals surface area contributed by atoms with Crippen LogP contribution in [0.3, 0.4) is 0 Å². The Morgan fingerprint density at radius 3 is 2.52 bits per heavy atom. The quantitative estimate of drug-likeness (QED) is 0.515. The number of amides is 1. The number of H-pyrrole nitrogens is 1. The van der Waals surface area contributed by atoms with Gasteiger partial charge in [-0.15, -0.1) is 0 Å². The van der Waals surface area contributed by atoms with Crippen LogP contribution in [-0.2, 0) is 0 Å². The first-order valence-electron chi connectivity index (χ1n) is 8.77. The summed E-state index contributed by atoms with van der Waals surface area (Å²) in [5.74, 6) is 0.463. The SMILES string of the molecule is CCOc1ccc(C(C)=NNC(=O)c2cc(-c3ccc(C)cc3)n[nH]2)cc1. The van der Waals surface area contributed by atoms with Crippen LogP contribution in [0.25, 0.3) is 11.3 Å². The van der Waals surface area contributed by atoms with Crippen molar-refractivity contribution in [3.05, 3.63) is 71.4 Å². The first kappa shape index (κ1) is 18.4. The number of benzene rings is 2. The summed E-state index contributed by atoms with van der Waals surface area (Å²) in [5.41, 5.74) is 7.35. The zero-order chi connectivity index (χ0) is 19.2. The number of carbonyl (C=O) groups is 1. The third kappa shape index (κ3) is 4.61. The molecule has 1 amide bonds. The van der Waals surface area contributed by atoms with Crippen LogP contribution in [0.1, 0.15) is 35.5 Å². The molecule has 0 aliphatic carbocycles. The van der Waals surface area contributed by atoms with Crippen LogP contribution in [-0.4, -0.2) is 28.4 Å². The molecular weight excluding hydrogens is 340 g/mol. The van der Waals surface area contributed by atoms with E-state index in [9.17, 15) is 4.79 Å². The normalized spacial score (nSPS) is 11.3. The predicted molar refractivity (Wildman–Crippen MR) is 106 cm³/mol. The largest absolute Gasteiger partial charge is 0.494 e. The summed E-state index contributed by atoms with van der Waals surface area (Å²) in [5, 5.41) is 11.1. The second kappa shape index (κ2) is 8.31. The molecule has 0 atom stereocenters. The molecule has 0 spiro atoms. The molecular formula is C21H22N4O2. The summed E-state index contributed by atoms with van der Waals surface area (Å²) in [4.78, 5) is 12.3. The van der Waals surface area contributed by atoms with Crippen molar-refractivity contribution in [3.63, 3.8) is 0 Å². The van der Waals surface area contributed by atoms with E-state index < -0.39 is 0 Å². The molecule has 138 valence electrons. The molecule has 2 N–H and O–H groups in total. The number of aromatic nitrogens is 2. The monoisotopic (exact) mass is 362 g/mol. The molecule has 1 heterocycles. The Kier molecular flexibility index (Phi) is 5.66. The molecule has 3 aromatic rings. The van der Waals surface area contributed by atoms with Crippen molar-refractivity contribution < 1.29 is 9.53 Å². The van der Waals surface area contributed by atoms with E-state index >= 15 is 0 Å². The number of nitrogens with one attached hydrogen (secondary N) is 2. The Morgan fingerprint density at radius 1 is 1.15 bits per heavy atom. The Bertz CT molecular complexity index is 941. The van der Waals surface area contributed by atoms with Gasteiger partial charge in [-0.2, -0.15) is 10.2 Å². The van der Waals surface area contributed by atoms with Crippen LogP contribution in [0.4, 0.5) is 0 Å². The van der Waals surface area contributed by atoms with Crippen LogP contribution in [0, 0.1) is 6.92 Å². The summed E-state index contributed by atoms with van der Waals surface area (Å²) in [7, 11) is 0. The second-order valence-corrected chi connectivity index (χ2v) is 6.13. The fourth-order valence-corrected chi connectivity index (χ4v) is 2.53. The summed E-state index contributed by atoms with van der Waals surface area (Å²) >= 11 is 0. The maximum atomic E-state index is 12.3. The van der Waals surface area contributed by atoms with Crippen molar-refractivity contribution in [2.24, 2.45) is 5.10 Å². The first-order valence-corrected chi connectivity index (χ1v) is 8.77. The van der Waals surface area contributed by atoms with E-state index in [-0.39, 0.29) is 5.91 Å². The van der Waals surface area contributed by atoms with Gasteiger partial charge in [-0.05, 0) is 56.7 Å². The number of hydrogen-bond acceptors (Lipinski definition) is 4. The maximum Gasteiger partial charge on any atom is 0.289 e. The van der Waals surface area contributed by atoms with Crippen molar-refractivity contribution >= 4 is 11.6 Å². The van der Waals surface area contributed by atoms with Crippen LogP contribution in [0.15, 0.2) is 59.7 Å². The standard InChI is InChI=1S/C21H22N4O2/c1-4-27-18-11-9-16(10-12-18)15(3)22-25-21(26)20-13-19(23-24-20)17-7-5-14(2)6-8-17/h5-13H,4H2,1-3H3,(H,23,24)(H,25,26). The van der Waals surface area contributed by atoms with Crippen molar-refractivity contribution in [3.8, 4) is 17.0 Å². The van der Waals surface area contributed by atoms with Gasteiger partial charge in [0.05, 0.1) is 18.0 Å². The lowest BCUT2D eigenvalue weighted by Crippen LogP contribution is -2.19. The fraction of sp³-hybridized carbons (Fsp3) is 0.190. The highest BCUT2D eigenvalue weighted by atomic mass is 16.5. The summed E-state index contributed by atoms with van der Waals surface area (Å²) < 4.78 is 5.42. The zero-order valence-electron chi connectivity index (χ0n) is 15.6. The molecule has 6 heteroatoms. The summed E-state index contributed by atoms with van der Waals surface area (Å²) in [6, 6.07) is 17.2. The molecule has 3 rings (SSSR count). The molecule has 0 bridgehead atoms. The molecule has 0 aliphatic heterocycles. The van der Waals surface area contributed by atoms with Crippen molar-refractivity contribution in [1.82, 2.24) is 15.6 Å². The fourth-order valence-electron chi connectivity index (χ4n) is 2.53. The number of aryl methyl sites for hydroxylation is 1. The van der Waals surface area contributed by atoms with Crippen LogP contribution in [0.2, 0.25) is 0 Å². The highest BCUT2D eigenvalue weighted by Gasteiger charge is 2.11. The van der Waals surface area contributed by atoms with Crippen LogP contribution < -0.4 is 10.2 Å². The van der Waals surface area contributed by atoms with Gasteiger partial charge < -0.3 is 4.74 Å². The number of ether oxygens (including phenoxy) is 1. The third-order valence-corrected chi connectivity index (χ3v) is 4.08. The zero-order valence-corrected chi connectivity index (χ0v) is 15.6. The van der Waals surface area contributed by atoms with Gasteiger partial charge in [-0.25, -0.2) is 5.43 Å². The Labute approximate surface area is 158 Å². The van der Waals surface area contributed by atoms with E-state index in [4.69, 9.17) is 4.74 Å². The number of carbonyl (C=O) groups excluding carboxylic acids is 1. The molecule has 6 nitrogen and oxygen atoms in total. The van der Waals surface area contributed by atoms with Gasteiger partial charge in [0.1, 0.15) is 11.4 Å². The van der Waals surface area contributed by atoms with Crippen molar-refractivity contribution in [2.75, 3.05) is 6.61 Å². The number of nitrogens with zero attached hydrogens (tertiary/aromatic N) is 2. The van der Waals surface area contributed by atoms with E-state index in [1.807, 2.05) is 69.3 Å². The second-order valence-electron chi connectivity index (χ2n) is 6.13. The molecule has 0 fully saturated rings. The van der Waals surface area contributed by atoms with Gasteiger partial charge in [-0.3, -0.25) is 9.89 Å². The Hall–Kier alpha value is -3.41. The average molecular weight is 362 g/mol. The molecule has 2 aromatic carbocycles. The minimum Gasteiger partial charge on any atom is -0.494 e. The summed E-state index contributed by atoms with van der Waals surface area (Å²) in [6.45, 7) is 6.42. The lowest BCUT2D eigenvalue weighted by molar-refractivity contribution is 0.0950. The molecule has 0 unspecified atom stereocenters. The summed E-state index contributed by atoms with van der Waals surface area (Å²) in [6.07, 6.45) is 0. The van der Waals surface area contributed by atoms with E-state index in [0.717, 1.165) is 16.9 Å². The average Bonchev–Trinajstić information content (AvgIpc) is 3.17. The molecule has 0 aliphatic rings. The van der Waals surface area contributed by atoms with Gasteiger partial charge in [0.25, 0.3) is 5.91 Å². The number of hydrazone groups is 1. The van der Waals surface area contributed by atoms with Crippen LogP contribution in [0.5, 0.6) is 5.75 Å². The number of rotatable bonds is 6. The minimum absolute atomic E-state index is 0.342. The third-order valence-electron chi connectivity index (χ3n) is 4.08. The molecule has 0 saturated heterocycles. The van der Waals surface area contributed by atoms with E-state index in [2.05, 4.69) is 20.7 Å². The predicted octanol–water partition coefficient (Wildman–Crippen LogP) is 3.94. The highest BCUT2D eigenvalue weighted by molar-refractivity contribution is 6.00. The number of aromatic amines is 1. The molecule has 0 radical (unpaired) electrons. The lowest BCUT2D eigenvalue weighted by Gasteiger charge is -2.05. The maximum absolute atomic E-state index is 12.3. The first-order chi connectivity index (χ1) is 13.1. The molecule has 1 aromatic heterocycles. The van der Waals surface area contributed by atoms with Gasteiger partial charge in [0.15, 0.2) is 0 Å². The van der Waals surface area contributed by atoms with E-state index in [1.165, 1.54) is 5.56 Å². The Balaban J connectivity index is 1.66. The van der Waals surface area contributed by atoms with Gasteiger partial charge in [0.2, 0.25) is 0 Å². The Morgan fingerprint density at radius 2 is 1.85 bits per heavy atom. The van der Waals surface area contributed by atoms with Gasteiger partial charge in [0, 0.05) is 5.56 Å². The topological polar surface area (TPSA) is 79.4 Å². The smallest absolute Gasteiger partial charge is 0.289 e. The minimum atomic E-state index is -0.342.